The molecule has 0 atom stereocenters. The molecule has 0 bridgehead atoms. The summed E-state index contributed by atoms with van der Waals surface area (Å²) in [5.74, 6) is -0.132. The first kappa shape index (κ1) is 12.8. The molecule has 2 aromatic carbocycles. The molecule has 94 valence electrons. The Labute approximate surface area is 107 Å². The number of benzene rings is 2. The fourth-order valence-corrected chi connectivity index (χ4v) is 2.60. The number of sulfonamides is 1. The van der Waals surface area contributed by atoms with Crippen LogP contribution in [-0.2, 0) is 15.8 Å². The lowest BCUT2D eigenvalue weighted by atomic mass is 9.99. The van der Waals surface area contributed by atoms with Gasteiger partial charge >= 0.3 is 0 Å². The molecule has 0 aliphatic carbocycles. The summed E-state index contributed by atoms with van der Waals surface area (Å²) >= 11 is 0. The predicted molar refractivity (Wildman–Crippen MR) is 73.4 cm³/mol. The van der Waals surface area contributed by atoms with Crippen molar-refractivity contribution in [1.82, 2.24) is 0 Å². The quantitative estimate of drug-likeness (QED) is 0.922. The third kappa shape index (κ3) is 3.18. The van der Waals surface area contributed by atoms with Gasteiger partial charge in [0, 0.05) is 0 Å². The molecule has 2 aromatic rings. The van der Waals surface area contributed by atoms with Gasteiger partial charge in [0.1, 0.15) is 0 Å². The first-order valence-corrected chi connectivity index (χ1v) is 7.33. The molecule has 0 aliphatic rings. The molecule has 4 heteroatoms. The summed E-state index contributed by atoms with van der Waals surface area (Å²) in [7, 11) is -3.49. The lowest BCUT2D eigenvalue weighted by Gasteiger charge is -2.07. The molecular formula is C14H15NO2S. The minimum atomic E-state index is -3.49. The van der Waals surface area contributed by atoms with Gasteiger partial charge in [0.25, 0.3) is 0 Å². The van der Waals surface area contributed by atoms with Crippen molar-refractivity contribution in [1.29, 1.82) is 0 Å². The first-order valence-electron chi connectivity index (χ1n) is 5.61. The second-order valence-electron chi connectivity index (χ2n) is 4.32. The largest absolute Gasteiger partial charge is 0.228 e. The molecule has 0 aliphatic heterocycles. The van der Waals surface area contributed by atoms with Crippen LogP contribution in [0.1, 0.15) is 11.1 Å². The molecule has 3 nitrogen and oxygen atoms in total. The number of aryl methyl sites for hydroxylation is 1. The van der Waals surface area contributed by atoms with E-state index in [1.807, 2.05) is 49.4 Å². The van der Waals surface area contributed by atoms with E-state index in [9.17, 15) is 8.42 Å². The van der Waals surface area contributed by atoms with E-state index in [-0.39, 0.29) is 5.75 Å². The maximum Gasteiger partial charge on any atom is 0.213 e. The highest BCUT2D eigenvalue weighted by molar-refractivity contribution is 7.88. The van der Waals surface area contributed by atoms with Gasteiger partial charge in [-0.25, -0.2) is 13.6 Å². The van der Waals surface area contributed by atoms with Crippen LogP contribution in [0.3, 0.4) is 0 Å². The average molecular weight is 261 g/mol. The third-order valence-electron chi connectivity index (χ3n) is 2.75. The number of primary sulfonamides is 1. The summed E-state index contributed by atoms with van der Waals surface area (Å²) in [6.07, 6.45) is 0. The number of hydrogen-bond acceptors (Lipinski definition) is 2. The summed E-state index contributed by atoms with van der Waals surface area (Å²) in [6, 6.07) is 15.4. The molecule has 2 N–H and O–H groups in total. The van der Waals surface area contributed by atoms with Crippen LogP contribution in [0.5, 0.6) is 0 Å². The van der Waals surface area contributed by atoms with Crippen molar-refractivity contribution >= 4 is 10.0 Å². The summed E-state index contributed by atoms with van der Waals surface area (Å²) in [6.45, 7) is 2.03. The lowest BCUT2D eigenvalue weighted by Crippen LogP contribution is -2.14. The van der Waals surface area contributed by atoms with Crippen molar-refractivity contribution in [3.05, 3.63) is 59.7 Å². The Hall–Kier alpha value is -1.65. The zero-order valence-corrected chi connectivity index (χ0v) is 10.9. The fourth-order valence-electron chi connectivity index (χ4n) is 1.96. The highest BCUT2D eigenvalue weighted by Gasteiger charge is 2.07. The number of rotatable bonds is 3. The fraction of sp³-hybridized carbons (Fsp3) is 0.143. The monoisotopic (exact) mass is 261 g/mol. The van der Waals surface area contributed by atoms with Crippen molar-refractivity contribution in [2.24, 2.45) is 5.14 Å². The molecule has 0 radical (unpaired) electrons. The molecule has 0 saturated carbocycles. The van der Waals surface area contributed by atoms with Gasteiger partial charge in [-0.2, -0.15) is 0 Å². The van der Waals surface area contributed by atoms with E-state index in [4.69, 9.17) is 5.14 Å². The number of nitrogens with two attached hydrogens (primary N) is 1. The lowest BCUT2D eigenvalue weighted by molar-refractivity contribution is 0.597. The molecule has 0 amide bonds. The Balaban J connectivity index is 2.42. The van der Waals surface area contributed by atoms with Crippen LogP contribution in [0.15, 0.2) is 48.5 Å². The molecule has 0 aromatic heterocycles. The Morgan fingerprint density at radius 1 is 1.06 bits per heavy atom. The zero-order valence-electron chi connectivity index (χ0n) is 10.1. The minimum absolute atomic E-state index is 0.132. The molecular weight excluding hydrogens is 246 g/mol. The summed E-state index contributed by atoms with van der Waals surface area (Å²) in [4.78, 5) is 0. The molecule has 18 heavy (non-hydrogen) atoms. The molecule has 0 saturated heterocycles. The van der Waals surface area contributed by atoms with Gasteiger partial charge in [-0.1, -0.05) is 48.5 Å². The second-order valence-corrected chi connectivity index (χ2v) is 5.94. The van der Waals surface area contributed by atoms with E-state index in [0.29, 0.717) is 5.56 Å². The van der Waals surface area contributed by atoms with E-state index in [2.05, 4.69) is 0 Å². The molecule has 2 rings (SSSR count). The van der Waals surface area contributed by atoms with Crippen LogP contribution in [0.25, 0.3) is 11.1 Å². The van der Waals surface area contributed by atoms with Crippen molar-refractivity contribution in [3.63, 3.8) is 0 Å². The van der Waals surface area contributed by atoms with Crippen LogP contribution in [0, 0.1) is 6.92 Å². The van der Waals surface area contributed by atoms with Gasteiger partial charge < -0.3 is 0 Å². The van der Waals surface area contributed by atoms with Gasteiger partial charge in [0.2, 0.25) is 10.0 Å². The van der Waals surface area contributed by atoms with Crippen LogP contribution in [-0.4, -0.2) is 8.42 Å². The molecule has 0 fully saturated rings. The zero-order chi connectivity index (χ0) is 13.2. The third-order valence-corrected chi connectivity index (χ3v) is 3.49. The van der Waals surface area contributed by atoms with E-state index in [0.717, 1.165) is 16.7 Å². The Morgan fingerprint density at radius 2 is 1.78 bits per heavy atom. The van der Waals surface area contributed by atoms with Crippen molar-refractivity contribution in [2.45, 2.75) is 12.7 Å². The maximum atomic E-state index is 11.1. The van der Waals surface area contributed by atoms with Gasteiger partial charge in [-0.3, -0.25) is 0 Å². The van der Waals surface area contributed by atoms with Gasteiger partial charge in [0.05, 0.1) is 5.75 Å². The minimum Gasteiger partial charge on any atom is -0.228 e. The standard InChI is InChI=1S/C14H15NO2S/c1-11-5-2-3-8-14(11)13-7-4-6-12(9-13)10-18(15,16)17/h2-9H,10H2,1H3,(H2,15,16,17). The highest BCUT2D eigenvalue weighted by Crippen LogP contribution is 2.24. The molecule has 0 heterocycles. The van der Waals surface area contributed by atoms with Gasteiger partial charge in [-0.05, 0) is 29.2 Å². The van der Waals surface area contributed by atoms with Crippen LogP contribution in [0.4, 0.5) is 0 Å². The van der Waals surface area contributed by atoms with Crippen molar-refractivity contribution in [3.8, 4) is 11.1 Å². The number of hydrogen-bond donors (Lipinski definition) is 1. The van der Waals surface area contributed by atoms with E-state index in [1.165, 1.54) is 0 Å². The summed E-state index contributed by atoms with van der Waals surface area (Å²) in [5, 5.41) is 5.06. The maximum absolute atomic E-state index is 11.1. The van der Waals surface area contributed by atoms with Crippen molar-refractivity contribution in [2.75, 3.05) is 0 Å². The van der Waals surface area contributed by atoms with Crippen LogP contribution >= 0.6 is 0 Å². The Morgan fingerprint density at radius 3 is 2.44 bits per heavy atom. The molecule has 0 spiro atoms. The Kier molecular flexibility index (Phi) is 3.50. The normalized spacial score (nSPS) is 11.4. The van der Waals surface area contributed by atoms with Gasteiger partial charge in [-0.15, -0.1) is 0 Å². The summed E-state index contributed by atoms with van der Waals surface area (Å²) < 4.78 is 22.2. The first-order chi connectivity index (χ1) is 8.46. The smallest absolute Gasteiger partial charge is 0.213 e. The average Bonchev–Trinajstić information content (AvgIpc) is 2.27. The van der Waals surface area contributed by atoms with Crippen LogP contribution < -0.4 is 5.14 Å². The highest BCUT2D eigenvalue weighted by atomic mass is 32.2. The van der Waals surface area contributed by atoms with E-state index >= 15 is 0 Å². The van der Waals surface area contributed by atoms with Crippen LogP contribution in [0.2, 0.25) is 0 Å². The van der Waals surface area contributed by atoms with E-state index in [1.54, 1.807) is 6.07 Å². The van der Waals surface area contributed by atoms with Gasteiger partial charge in [0.15, 0.2) is 0 Å². The molecule has 0 unspecified atom stereocenters. The topological polar surface area (TPSA) is 60.2 Å². The van der Waals surface area contributed by atoms with E-state index < -0.39 is 10.0 Å². The van der Waals surface area contributed by atoms with Crippen molar-refractivity contribution < 1.29 is 8.42 Å². The summed E-state index contributed by atoms with van der Waals surface area (Å²) in [5.41, 5.74) is 3.98. The predicted octanol–water partition coefficient (Wildman–Crippen LogP) is 2.45. The SMILES string of the molecule is Cc1ccccc1-c1cccc(CS(N)(=O)=O)c1. The second kappa shape index (κ2) is 4.92. The Bertz CT molecular complexity index is 663.